The summed E-state index contributed by atoms with van der Waals surface area (Å²) in [5.74, 6) is 0.0255. The smallest absolute Gasteiger partial charge is 0.153 e. The van der Waals surface area contributed by atoms with Crippen LogP contribution in [-0.2, 0) is 9.84 Å². The van der Waals surface area contributed by atoms with Crippen molar-refractivity contribution in [3.05, 3.63) is 0 Å². The number of aliphatic hydroxyl groups is 1. The van der Waals surface area contributed by atoms with Crippen molar-refractivity contribution in [1.82, 2.24) is 0 Å². The molecule has 0 aromatic rings. The van der Waals surface area contributed by atoms with Crippen molar-refractivity contribution in [3.8, 4) is 0 Å². The van der Waals surface area contributed by atoms with Gasteiger partial charge in [0.15, 0.2) is 9.84 Å². The second-order valence-corrected chi connectivity index (χ2v) is 4.78. The van der Waals surface area contributed by atoms with Crippen molar-refractivity contribution < 1.29 is 13.5 Å². The highest BCUT2D eigenvalue weighted by Gasteiger charge is 2.32. The third-order valence-electron chi connectivity index (χ3n) is 1.60. The lowest BCUT2D eigenvalue weighted by molar-refractivity contribution is 0.159. The van der Waals surface area contributed by atoms with E-state index in [1.165, 1.54) is 0 Å². The quantitative estimate of drug-likeness (QED) is 0.502. The van der Waals surface area contributed by atoms with Crippen molar-refractivity contribution in [2.24, 2.45) is 5.92 Å². The van der Waals surface area contributed by atoms with Gasteiger partial charge in [0.2, 0.25) is 0 Å². The molecule has 0 radical (unpaired) electrons. The van der Waals surface area contributed by atoms with Gasteiger partial charge in [-0.3, -0.25) is 0 Å². The van der Waals surface area contributed by atoms with Crippen LogP contribution in [0.5, 0.6) is 0 Å². The maximum Gasteiger partial charge on any atom is 0.153 e. The number of hydrogen-bond acceptors (Lipinski definition) is 3. The second-order valence-electron chi connectivity index (χ2n) is 2.62. The van der Waals surface area contributed by atoms with Gasteiger partial charge in [0.1, 0.15) is 0 Å². The normalized spacial score (nSPS) is 41.1. The average Bonchev–Trinajstić information content (AvgIpc) is 1.79. The van der Waals surface area contributed by atoms with Crippen molar-refractivity contribution in [2.75, 3.05) is 11.5 Å². The van der Waals surface area contributed by atoms with E-state index in [0.29, 0.717) is 0 Å². The van der Waals surface area contributed by atoms with E-state index in [4.69, 9.17) is 5.11 Å². The van der Waals surface area contributed by atoms with Gasteiger partial charge in [0, 0.05) is 0 Å². The minimum absolute atomic E-state index is 0.0475. The fraction of sp³-hybridized carbons (Fsp3) is 1.00. The molecule has 1 heterocycles. The zero-order valence-electron chi connectivity index (χ0n) is 5.24. The molecule has 1 fully saturated rings. The Morgan fingerprint density at radius 3 is 2.11 bits per heavy atom. The minimum atomic E-state index is -2.89. The molecule has 2 atom stereocenters. The molecule has 0 saturated carbocycles. The summed E-state index contributed by atoms with van der Waals surface area (Å²) in [6.45, 7) is 1.75. The Bertz CT molecular complexity index is 178. The molecule has 0 aromatic heterocycles. The molecule has 1 N–H and O–H groups in total. The van der Waals surface area contributed by atoms with Gasteiger partial charge in [-0.15, -0.1) is 0 Å². The van der Waals surface area contributed by atoms with Crippen LogP contribution in [0.4, 0.5) is 0 Å². The van der Waals surface area contributed by atoms with Gasteiger partial charge < -0.3 is 5.11 Å². The van der Waals surface area contributed by atoms with E-state index in [1.807, 2.05) is 0 Å². The van der Waals surface area contributed by atoms with Crippen LogP contribution in [0.3, 0.4) is 0 Å². The first kappa shape index (κ1) is 7.02. The Morgan fingerprint density at radius 1 is 1.44 bits per heavy atom. The molecule has 0 bridgehead atoms. The minimum Gasteiger partial charge on any atom is -0.392 e. The highest BCUT2D eigenvalue weighted by atomic mass is 32.2. The van der Waals surface area contributed by atoms with E-state index in [0.717, 1.165) is 0 Å². The average molecular weight is 150 g/mol. The summed E-state index contributed by atoms with van der Waals surface area (Å²) in [4.78, 5) is 0. The van der Waals surface area contributed by atoms with Crippen LogP contribution >= 0.6 is 0 Å². The summed E-state index contributed by atoms with van der Waals surface area (Å²) in [5.41, 5.74) is 0. The second kappa shape index (κ2) is 1.95. The van der Waals surface area contributed by atoms with Gasteiger partial charge in [0.25, 0.3) is 0 Å². The van der Waals surface area contributed by atoms with Crippen molar-refractivity contribution in [2.45, 2.75) is 13.0 Å². The summed E-state index contributed by atoms with van der Waals surface area (Å²) >= 11 is 0. The Kier molecular flexibility index (Phi) is 1.52. The summed E-state index contributed by atoms with van der Waals surface area (Å²) in [6.07, 6.45) is -0.630. The highest BCUT2D eigenvalue weighted by Crippen LogP contribution is 2.17. The molecule has 0 aromatic carbocycles. The lowest BCUT2D eigenvalue weighted by Crippen LogP contribution is -2.13. The van der Waals surface area contributed by atoms with Crippen molar-refractivity contribution in [3.63, 3.8) is 0 Å². The maximum absolute atomic E-state index is 10.7. The predicted octanol–water partition coefficient (Wildman–Crippen LogP) is -0.588. The van der Waals surface area contributed by atoms with Gasteiger partial charge in [-0.1, -0.05) is 6.92 Å². The molecule has 4 heteroatoms. The van der Waals surface area contributed by atoms with Crippen LogP contribution in [0, 0.1) is 5.92 Å². The van der Waals surface area contributed by atoms with Gasteiger partial charge in [-0.05, 0) is 5.92 Å². The largest absolute Gasteiger partial charge is 0.392 e. The van der Waals surface area contributed by atoms with Gasteiger partial charge >= 0.3 is 0 Å². The lowest BCUT2D eigenvalue weighted by Gasteiger charge is -2.01. The van der Waals surface area contributed by atoms with Crippen molar-refractivity contribution in [1.29, 1.82) is 0 Å². The monoisotopic (exact) mass is 150 g/mol. The SMILES string of the molecule is CC1CS(=O)(=O)C[C@@H]1O. The molecular weight excluding hydrogens is 140 g/mol. The van der Waals surface area contributed by atoms with Crippen LogP contribution in [0.25, 0.3) is 0 Å². The third-order valence-corrected chi connectivity index (χ3v) is 3.48. The molecule has 3 nitrogen and oxygen atoms in total. The van der Waals surface area contributed by atoms with E-state index in [1.54, 1.807) is 6.92 Å². The summed E-state index contributed by atoms with van der Waals surface area (Å²) in [7, 11) is -2.89. The van der Waals surface area contributed by atoms with Gasteiger partial charge in [-0.2, -0.15) is 0 Å². The van der Waals surface area contributed by atoms with E-state index in [9.17, 15) is 8.42 Å². The standard InChI is InChI=1S/C5H10O3S/c1-4-2-9(7,8)3-5(4)6/h4-6H,2-3H2,1H3/t4?,5-/m0/s1. The fourth-order valence-corrected chi connectivity index (χ4v) is 3.01. The molecular formula is C5H10O3S. The molecule has 1 saturated heterocycles. The number of sulfone groups is 1. The van der Waals surface area contributed by atoms with Gasteiger partial charge in [-0.25, -0.2) is 8.42 Å². The Labute approximate surface area is 54.6 Å². The van der Waals surface area contributed by atoms with E-state index >= 15 is 0 Å². The highest BCUT2D eigenvalue weighted by molar-refractivity contribution is 7.91. The summed E-state index contributed by atoms with van der Waals surface area (Å²) in [5, 5.41) is 8.95. The first-order valence-electron chi connectivity index (χ1n) is 2.90. The topological polar surface area (TPSA) is 54.4 Å². The maximum atomic E-state index is 10.7. The van der Waals surface area contributed by atoms with Crippen LogP contribution in [0.1, 0.15) is 6.92 Å². The number of aliphatic hydroxyl groups excluding tert-OH is 1. The number of rotatable bonds is 0. The van der Waals surface area contributed by atoms with E-state index in [-0.39, 0.29) is 17.4 Å². The summed E-state index contributed by atoms with van der Waals surface area (Å²) in [6, 6.07) is 0. The molecule has 9 heavy (non-hydrogen) atoms. The van der Waals surface area contributed by atoms with Crippen molar-refractivity contribution >= 4 is 9.84 Å². The Hall–Kier alpha value is -0.0900. The molecule has 0 spiro atoms. The van der Waals surface area contributed by atoms with E-state index in [2.05, 4.69) is 0 Å². The fourth-order valence-electron chi connectivity index (χ4n) is 1.00. The molecule has 0 aliphatic carbocycles. The predicted molar refractivity (Wildman–Crippen MR) is 33.8 cm³/mol. The summed E-state index contributed by atoms with van der Waals surface area (Å²) < 4.78 is 21.4. The molecule has 1 aliphatic rings. The molecule has 54 valence electrons. The molecule has 1 unspecified atom stereocenters. The van der Waals surface area contributed by atoms with E-state index < -0.39 is 15.9 Å². The first-order chi connectivity index (χ1) is 4.01. The Morgan fingerprint density at radius 2 is 2.00 bits per heavy atom. The number of hydrogen-bond donors (Lipinski definition) is 1. The van der Waals surface area contributed by atoms with Crippen LogP contribution in [0.2, 0.25) is 0 Å². The zero-order valence-corrected chi connectivity index (χ0v) is 6.06. The van der Waals surface area contributed by atoms with Crippen LogP contribution < -0.4 is 0 Å². The lowest BCUT2D eigenvalue weighted by atomic mass is 10.1. The Balaban J connectivity index is 2.77. The molecule has 0 amide bonds. The zero-order chi connectivity index (χ0) is 7.07. The van der Waals surface area contributed by atoms with Gasteiger partial charge in [0.05, 0.1) is 17.6 Å². The van der Waals surface area contributed by atoms with Crippen LogP contribution in [0.15, 0.2) is 0 Å². The third kappa shape index (κ3) is 1.43. The molecule has 1 rings (SSSR count). The van der Waals surface area contributed by atoms with Crippen LogP contribution in [-0.4, -0.2) is 31.1 Å². The molecule has 1 aliphatic heterocycles. The first-order valence-corrected chi connectivity index (χ1v) is 4.72.